The highest BCUT2D eigenvalue weighted by Gasteiger charge is 2.10. The smallest absolute Gasteiger partial charge is 0.221 e. The summed E-state index contributed by atoms with van der Waals surface area (Å²) in [6.07, 6.45) is 0. The maximum atomic E-state index is 5.27. The SMILES string of the molecule is COc1cc2cc(C)nc(OC)c2cc1OC. The van der Waals surface area contributed by atoms with E-state index in [1.165, 1.54) is 0 Å². The number of aryl methyl sites for hydroxylation is 1. The maximum absolute atomic E-state index is 5.27. The molecule has 0 N–H and O–H groups in total. The number of hydrogen-bond acceptors (Lipinski definition) is 4. The monoisotopic (exact) mass is 233 g/mol. The van der Waals surface area contributed by atoms with Gasteiger partial charge in [0.2, 0.25) is 5.88 Å². The van der Waals surface area contributed by atoms with Gasteiger partial charge in [-0.05, 0) is 30.5 Å². The molecule has 0 unspecified atom stereocenters. The summed E-state index contributed by atoms with van der Waals surface area (Å²) < 4.78 is 15.8. The third-order valence-electron chi connectivity index (χ3n) is 2.62. The van der Waals surface area contributed by atoms with E-state index in [1.807, 2.05) is 25.1 Å². The van der Waals surface area contributed by atoms with Crippen molar-refractivity contribution in [2.24, 2.45) is 0 Å². The lowest BCUT2D eigenvalue weighted by molar-refractivity contribution is 0.355. The fourth-order valence-corrected chi connectivity index (χ4v) is 1.83. The summed E-state index contributed by atoms with van der Waals surface area (Å²) in [4.78, 5) is 4.33. The molecule has 0 bridgehead atoms. The molecule has 0 saturated carbocycles. The average molecular weight is 233 g/mol. The van der Waals surface area contributed by atoms with Gasteiger partial charge in [-0.3, -0.25) is 0 Å². The Labute approximate surface area is 100 Å². The molecule has 4 nitrogen and oxygen atoms in total. The number of pyridine rings is 1. The summed E-state index contributed by atoms with van der Waals surface area (Å²) in [5.41, 5.74) is 0.904. The molecule has 0 spiro atoms. The van der Waals surface area contributed by atoms with Crippen molar-refractivity contribution in [3.05, 3.63) is 23.9 Å². The Bertz CT molecular complexity index is 552. The van der Waals surface area contributed by atoms with Crippen LogP contribution >= 0.6 is 0 Å². The van der Waals surface area contributed by atoms with Crippen molar-refractivity contribution in [1.29, 1.82) is 0 Å². The summed E-state index contributed by atoms with van der Waals surface area (Å²) in [6.45, 7) is 1.93. The predicted molar refractivity (Wildman–Crippen MR) is 66.1 cm³/mol. The molecular weight excluding hydrogens is 218 g/mol. The number of methoxy groups -OCH3 is 3. The second-order valence-corrected chi connectivity index (χ2v) is 3.70. The zero-order chi connectivity index (χ0) is 12.4. The second-order valence-electron chi connectivity index (χ2n) is 3.70. The van der Waals surface area contributed by atoms with Crippen LogP contribution in [0.15, 0.2) is 18.2 Å². The minimum Gasteiger partial charge on any atom is -0.493 e. The zero-order valence-corrected chi connectivity index (χ0v) is 10.4. The van der Waals surface area contributed by atoms with Crippen molar-refractivity contribution in [2.75, 3.05) is 21.3 Å². The van der Waals surface area contributed by atoms with Crippen molar-refractivity contribution in [2.45, 2.75) is 6.92 Å². The topological polar surface area (TPSA) is 40.6 Å². The molecule has 17 heavy (non-hydrogen) atoms. The van der Waals surface area contributed by atoms with Crippen LogP contribution in [-0.2, 0) is 0 Å². The number of ether oxygens (including phenoxy) is 3. The number of hydrogen-bond donors (Lipinski definition) is 0. The lowest BCUT2D eigenvalue weighted by atomic mass is 10.1. The first-order chi connectivity index (χ1) is 8.19. The Morgan fingerprint density at radius 2 is 1.53 bits per heavy atom. The molecule has 0 saturated heterocycles. The maximum Gasteiger partial charge on any atom is 0.221 e. The van der Waals surface area contributed by atoms with E-state index in [1.54, 1.807) is 21.3 Å². The van der Waals surface area contributed by atoms with Gasteiger partial charge in [-0.15, -0.1) is 0 Å². The van der Waals surface area contributed by atoms with Crippen molar-refractivity contribution < 1.29 is 14.2 Å². The van der Waals surface area contributed by atoms with E-state index < -0.39 is 0 Å². The number of rotatable bonds is 3. The molecule has 2 rings (SSSR count). The molecule has 4 heteroatoms. The van der Waals surface area contributed by atoms with Crippen LogP contribution in [0.4, 0.5) is 0 Å². The van der Waals surface area contributed by atoms with E-state index in [2.05, 4.69) is 4.98 Å². The summed E-state index contributed by atoms with van der Waals surface area (Å²) in [5.74, 6) is 1.97. The van der Waals surface area contributed by atoms with Gasteiger partial charge >= 0.3 is 0 Å². The van der Waals surface area contributed by atoms with E-state index in [9.17, 15) is 0 Å². The molecule has 0 aliphatic carbocycles. The van der Waals surface area contributed by atoms with E-state index in [-0.39, 0.29) is 0 Å². The van der Waals surface area contributed by atoms with Crippen LogP contribution in [0.3, 0.4) is 0 Å². The lowest BCUT2D eigenvalue weighted by Gasteiger charge is -2.11. The molecular formula is C13H15NO3. The summed E-state index contributed by atoms with van der Waals surface area (Å²) in [5, 5.41) is 1.93. The fourth-order valence-electron chi connectivity index (χ4n) is 1.83. The predicted octanol–water partition coefficient (Wildman–Crippen LogP) is 2.57. The van der Waals surface area contributed by atoms with Crippen LogP contribution in [0.25, 0.3) is 10.8 Å². The quantitative estimate of drug-likeness (QED) is 0.817. The highest BCUT2D eigenvalue weighted by Crippen LogP contribution is 2.35. The molecule has 90 valence electrons. The van der Waals surface area contributed by atoms with Crippen LogP contribution in [0, 0.1) is 6.92 Å². The van der Waals surface area contributed by atoms with Gasteiger partial charge in [0.05, 0.1) is 21.3 Å². The minimum absolute atomic E-state index is 0.598. The molecule has 2 aromatic rings. The normalized spacial score (nSPS) is 10.4. The summed E-state index contributed by atoms with van der Waals surface area (Å²) in [7, 11) is 4.84. The third kappa shape index (κ3) is 1.98. The van der Waals surface area contributed by atoms with E-state index in [0.717, 1.165) is 16.5 Å². The number of nitrogens with zero attached hydrogens (tertiary/aromatic N) is 1. The van der Waals surface area contributed by atoms with E-state index in [0.29, 0.717) is 17.4 Å². The summed E-state index contributed by atoms with van der Waals surface area (Å²) in [6, 6.07) is 5.78. The Balaban J connectivity index is 2.77. The lowest BCUT2D eigenvalue weighted by Crippen LogP contribution is -1.95. The van der Waals surface area contributed by atoms with Crippen LogP contribution < -0.4 is 14.2 Å². The van der Waals surface area contributed by atoms with Crippen molar-refractivity contribution in [3.8, 4) is 17.4 Å². The van der Waals surface area contributed by atoms with Crippen LogP contribution in [0.1, 0.15) is 5.69 Å². The highest BCUT2D eigenvalue weighted by molar-refractivity contribution is 5.90. The van der Waals surface area contributed by atoms with Gasteiger partial charge in [-0.2, -0.15) is 0 Å². The zero-order valence-electron chi connectivity index (χ0n) is 10.4. The molecule has 1 aromatic heterocycles. The Hall–Kier alpha value is -1.97. The van der Waals surface area contributed by atoms with Crippen molar-refractivity contribution in [1.82, 2.24) is 4.98 Å². The molecule has 0 atom stereocenters. The third-order valence-corrected chi connectivity index (χ3v) is 2.62. The largest absolute Gasteiger partial charge is 0.493 e. The van der Waals surface area contributed by atoms with Crippen LogP contribution in [-0.4, -0.2) is 26.3 Å². The average Bonchev–Trinajstić information content (AvgIpc) is 2.35. The van der Waals surface area contributed by atoms with Gasteiger partial charge in [0.1, 0.15) is 0 Å². The van der Waals surface area contributed by atoms with Gasteiger partial charge < -0.3 is 14.2 Å². The molecule has 0 fully saturated rings. The van der Waals surface area contributed by atoms with Gasteiger partial charge in [-0.1, -0.05) is 0 Å². The Kier molecular flexibility index (Phi) is 3.04. The Morgan fingerprint density at radius 1 is 0.882 bits per heavy atom. The second kappa shape index (κ2) is 4.49. The summed E-state index contributed by atoms with van der Waals surface area (Å²) >= 11 is 0. The standard InChI is InChI=1S/C13H15NO3/c1-8-5-9-6-11(15-2)12(16-3)7-10(9)13(14-8)17-4/h5-7H,1-4H3. The number of aromatic nitrogens is 1. The van der Waals surface area contributed by atoms with Crippen molar-refractivity contribution in [3.63, 3.8) is 0 Å². The number of fused-ring (bicyclic) bond motifs is 1. The fraction of sp³-hybridized carbons (Fsp3) is 0.308. The molecule has 0 radical (unpaired) electrons. The van der Waals surface area contributed by atoms with Gasteiger partial charge in [0, 0.05) is 11.1 Å². The molecule has 1 aromatic carbocycles. The highest BCUT2D eigenvalue weighted by atomic mass is 16.5. The van der Waals surface area contributed by atoms with Crippen LogP contribution in [0.5, 0.6) is 17.4 Å². The van der Waals surface area contributed by atoms with E-state index >= 15 is 0 Å². The van der Waals surface area contributed by atoms with Gasteiger partial charge in [-0.25, -0.2) is 4.98 Å². The minimum atomic E-state index is 0.598. The van der Waals surface area contributed by atoms with Crippen molar-refractivity contribution >= 4 is 10.8 Å². The van der Waals surface area contributed by atoms with Gasteiger partial charge in [0.25, 0.3) is 0 Å². The van der Waals surface area contributed by atoms with E-state index in [4.69, 9.17) is 14.2 Å². The molecule has 1 heterocycles. The first-order valence-corrected chi connectivity index (χ1v) is 5.27. The first kappa shape index (κ1) is 11.5. The molecule has 0 amide bonds. The number of benzene rings is 1. The first-order valence-electron chi connectivity index (χ1n) is 5.27. The Morgan fingerprint density at radius 3 is 2.12 bits per heavy atom. The van der Waals surface area contributed by atoms with Gasteiger partial charge in [0.15, 0.2) is 11.5 Å². The molecule has 0 aliphatic heterocycles. The van der Waals surface area contributed by atoms with Crippen LogP contribution in [0.2, 0.25) is 0 Å². The molecule has 0 aliphatic rings.